The number of amides is 1. The minimum Gasteiger partial charge on any atom is -0.370 e. The molecule has 1 saturated heterocycles. The second kappa shape index (κ2) is 4.66. The van der Waals surface area contributed by atoms with Gasteiger partial charge in [0.2, 0.25) is 5.91 Å². The first-order chi connectivity index (χ1) is 9.79. The highest BCUT2D eigenvalue weighted by Gasteiger charge is 2.46. The number of carbonyl (C=O) groups is 1. The van der Waals surface area contributed by atoms with Gasteiger partial charge in [0.1, 0.15) is 6.04 Å². The molecule has 1 N–H and O–H groups in total. The van der Waals surface area contributed by atoms with Crippen LogP contribution in [0, 0.1) is 0 Å². The number of anilines is 1. The highest BCUT2D eigenvalue weighted by Crippen LogP contribution is 2.46. The molecule has 0 spiro atoms. The average molecular weight is 317 g/mol. The van der Waals surface area contributed by atoms with Gasteiger partial charge >= 0.3 is 6.18 Å². The molecule has 1 aromatic carbocycles. The molecule has 0 radical (unpaired) electrons. The van der Waals surface area contributed by atoms with Crippen LogP contribution in [0.2, 0.25) is 5.02 Å². The maximum atomic E-state index is 13.5. The van der Waals surface area contributed by atoms with Crippen LogP contribution in [0.15, 0.2) is 23.8 Å². The standard InChI is InChI=1S/C14H12ClF3N2O/c1-20-5-4-8-11(14(16,17)18)9-6-7(15)2-3-10(9)19-12(8)13(20)21/h2-3,6,12,19H,4-5H2,1H3. The Bertz CT molecular complexity index is 654. The van der Waals surface area contributed by atoms with Crippen molar-refractivity contribution < 1.29 is 18.0 Å². The van der Waals surface area contributed by atoms with Crippen LogP contribution in [0.1, 0.15) is 12.0 Å². The van der Waals surface area contributed by atoms with E-state index in [2.05, 4.69) is 5.32 Å². The molecule has 0 bridgehead atoms. The fourth-order valence-electron chi connectivity index (χ4n) is 2.84. The van der Waals surface area contributed by atoms with Crippen LogP contribution in [0.4, 0.5) is 18.9 Å². The Labute approximate surface area is 124 Å². The van der Waals surface area contributed by atoms with Gasteiger partial charge in [0.15, 0.2) is 0 Å². The predicted octanol–water partition coefficient (Wildman–Crippen LogP) is 3.31. The molecular weight excluding hydrogens is 305 g/mol. The number of halogens is 4. The Morgan fingerprint density at radius 2 is 2.10 bits per heavy atom. The summed E-state index contributed by atoms with van der Waals surface area (Å²) in [6.07, 6.45) is -4.33. The fourth-order valence-corrected chi connectivity index (χ4v) is 3.01. The van der Waals surface area contributed by atoms with E-state index in [0.29, 0.717) is 0 Å². The lowest BCUT2D eigenvalue weighted by Gasteiger charge is -2.38. The maximum Gasteiger partial charge on any atom is 0.417 e. The molecule has 2 aliphatic rings. The molecule has 2 heterocycles. The van der Waals surface area contributed by atoms with Crippen molar-refractivity contribution >= 4 is 28.8 Å². The third kappa shape index (κ3) is 2.27. The van der Waals surface area contributed by atoms with Crippen molar-refractivity contribution in [1.29, 1.82) is 0 Å². The lowest BCUT2D eigenvalue weighted by molar-refractivity contribution is -0.131. The second-order valence-corrected chi connectivity index (χ2v) is 5.61. The molecule has 1 amide bonds. The summed E-state index contributed by atoms with van der Waals surface area (Å²) in [6, 6.07) is 3.32. The molecule has 3 nitrogen and oxygen atoms in total. The van der Waals surface area contributed by atoms with E-state index < -0.39 is 17.8 Å². The summed E-state index contributed by atoms with van der Waals surface area (Å²) in [6.45, 7) is 0.280. The monoisotopic (exact) mass is 316 g/mol. The van der Waals surface area contributed by atoms with Gasteiger partial charge in [-0.15, -0.1) is 0 Å². The third-order valence-corrected chi connectivity index (χ3v) is 4.08. The molecule has 0 aliphatic carbocycles. The Morgan fingerprint density at radius 3 is 2.76 bits per heavy atom. The average Bonchev–Trinajstić information content (AvgIpc) is 2.39. The summed E-state index contributed by atoms with van der Waals surface area (Å²) in [7, 11) is 1.59. The number of carbonyl (C=O) groups excluding carboxylic acids is 1. The number of likely N-dealkylation sites (tertiary alicyclic amines) is 1. The zero-order chi connectivity index (χ0) is 15.4. The van der Waals surface area contributed by atoms with Crippen LogP contribution in [0.25, 0.3) is 5.57 Å². The third-order valence-electron chi connectivity index (χ3n) is 3.84. The van der Waals surface area contributed by atoms with Crippen molar-refractivity contribution in [2.24, 2.45) is 0 Å². The number of nitrogens with one attached hydrogen (secondary N) is 1. The number of piperidine rings is 1. The predicted molar refractivity (Wildman–Crippen MR) is 74.1 cm³/mol. The summed E-state index contributed by atoms with van der Waals surface area (Å²) in [5, 5.41) is 3.13. The topological polar surface area (TPSA) is 32.3 Å². The molecule has 21 heavy (non-hydrogen) atoms. The number of benzene rings is 1. The zero-order valence-electron chi connectivity index (χ0n) is 11.1. The van der Waals surface area contributed by atoms with Gasteiger partial charge in [0.05, 0.1) is 5.57 Å². The fraction of sp³-hybridized carbons (Fsp3) is 0.357. The number of fused-ring (bicyclic) bond motifs is 2. The largest absolute Gasteiger partial charge is 0.417 e. The molecule has 1 unspecified atom stereocenters. The number of allylic oxidation sites excluding steroid dienone is 1. The van der Waals surface area contributed by atoms with Gasteiger partial charge in [-0.25, -0.2) is 0 Å². The number of likely N-dealkylation sites (N-methyl/N-ethyl adjacent to an activating group) is 1. The first kappa shape index (κ1) is 14.3. The first-order valence-electron chi connectivity index (χ1n) is 6.40. The van der Waals surface area contributed by atoms with Crippen molar-refractivity contribution in [3.8, 4) is 0 Å². The second-order valence-electron chi connectivity index (χ2n) is 5.18. The van der Waals surface area contributed by atoms with Gasteiger partial charge in [0.25, 0.3) is 0 Å². The summed E-state index contributed by atoms with van der Waals surface area (Å²) >= 11 is 5.83. The van der Waals surface area contributed by atoms with Crippen LogP contribution in [0.3, 0.4) is 0 Å². The van der Waals surface area contributed by atoms with E-state index >= 15 is 0 Å². The minimum atomic E-state index is -4.52. The Balaban J connectivity index is 2.24. The van der Waals surface area contributed by atoms with Crippen molar-refractivity contribution in [2.45, 2.75) is 18.6 Å². The molecule has 1 fully saturated rings. The number of alkyl halides is 3. The van der Waals surface area contributed by atoms with E-state index in [9.17, 15) is 18.0 Å². The van der Waals surface area contributed by atoms with Crippen molar-refractivity contribution in [1.82, 2.24) is 4.90 Å². The summed E-state index contributed by atoms with van der Waals surface area (Å²) in [5.74, 6) is -0.349. The van der Waals surface area contributed by atoms with Gasteiger partial charge in [-0.3, -0.25) is 4.79 Å². The Morgan fingerprint density at radius 1 is 1.38 bits per heavy atom. The number of nitrogens with zero attached hydrogens (tertiary/aromatic N) is 1. The van der Waals surface area contributed by atoms with Gasteiger partial charge in [0, 0.05) is 29.9 Å². The van der Waals surface area contributed by atoms with E-state index in [-0.39, 0.29) is 40.7 Å². The van der Waals surface area contributed by atoms with Gasteiger partial charge in [-0.05, 0) is 30.2 Å². The zero-order valence-corrected chi connectivity index (χ0v) is 11.8. The summed E-state index contributed by atoms with van der Waals surface area (Å²) in [5.41, 5.74) is -0.340. The SMILES string of the molecule is CN1CCC2=C(C(F)(F)F)c3cc(Cl)ccc3NC2C1=O. The van der Waals surface area contributed by atoms with E-state index in [4.69, 9.17) is 11.6 Å². The van der Waals surface area contributed by atoms with E-state index in [0.717, 1.165) is 0 Å². The number of rotatable bonds is 0. The van der Waals surface area contributed by atoms with Crippen LogP contribution in [-0.4, -0.2) is 36.6 Å². The highest BCUT2D eigenvalue weighted by atomic mass is 35.5. The maximum absolute atomic E-state index is 13.5. The smallest absolute Gasteiger partial charge is 0.370 e. The van der Waals surface area contributed by atoms with Crippen molar-refractivity contribution in [3.63, 3.8) is 0 Å². The minimum absolute atomic E-state index is 0.0126. The Hall–Kier alpha value is -1.69. The van der Waals surface area contributed by atoms with E-state index in [1.54, 1.807) is 7.05 Å². The highest BCUT2D eigenvalue weighted by molar-refractivity contribution is 6.31. The van der Waals surface area contributed by atoms with Crippen LogP contribution in [0.5, 0.6) is 0 Å². The van der Waals surface area contributed by atoms with Crippen LogP contribution < -0.4 is 5.32 Å². The quantitative estimate of drug-likeness (QED) is 0.796. The molecule has 7 heteroatoms. The Kier molecular flexibility index (Phi) is 3.16. The van der Waals surface area contributed by atoms with Crippen molar-refractivity contribution in [3.05, 3.63) is 34.4 Å². The lowest BCUT2D eigenvalue weighted by Crippen LogP contribution is -2.49. The van der Waals surface area contributed by atoms with E-state index in [1.807, 2.05) is 0 Å². The summed E-state index contributed by atoms with van der Waals surface area (Å²) < 4.78 is 40.5. The molecule has 0 saturated carbocycles. The van der Waals surface area contributed by atoms with Crippen LogP contribution in [-0.2, 0) is 4.79 Å². The first-order valence-corrected chi connectivity index (χ1v) is 6.78. The number of hydrogen-bond donors (Lipinski definition) is 1. The van der Waals surface area contributed by atoms with Gasteiger partial charge in [-0.1, -0.05) is 11.6 Å². The molecule has 3 rings (SSSR count). The van der Waals surface area contributed by atoms with Gasteiger partial charge in [-0.2, -0.15) is 13.2 Å². The molecule has 1 atom stereocenters. The molecule has 112 valence electrons. The summed E-state index contributed by atoms with van der Waals surface area (Å²) in [4.78, 5) is 13.6. The molecule has 2 aliphatic heterocycles. The van der Waals surface area contributed by atoms with Crippen molar-refractivity contribution in [2.75, 3.05) is 18.9 Å². The van der Waals surface area contributed by atoms with Gasteiger partial charge < -0.3 is 10.2 Å². The number of hydrogen-bond acceptors (Lipinski definition) is 2. The molecule has 1 aromatic rings. The lowest BCUT2D eigenvalue weighted by atomic mass is 9.85. The van der Waals surface area contributed by atoms with E-state index in [1.165, 1.54) is 23.1 Å². The normalized spacial score (nSPS) is 21.9. The van der Waals surface area contributed by atoms with Crippen LogP contribution >= 0.6 is 11.6 Å². The molecular formula is C14H12ClF3N2O. The molecule has 0 aromatic heterocycles.